The molecule has 1 amide bonds. The van der Waals surface area contributed by atoms with E-state index in [1.54, 1.807) is 29.1 Å². The zero-order chi connectivity index (χ0) is 15.4. The van der Waals surface area contributed by atoms with Gasteiger partial charge in [-0.2, -0.15) is 5.10 Å². The Bertz CT molecular complexity index is 649. The number of carbonyl (C=O) groups is 1. The standard InChI is InChI=1S/C15H20N4O2/c1-4-12-13(9-19(3)18-12)17-15(20)10-6-7-14(21-5-2)11(16)8-10/h6-9H,4-5,16H2,1-3H3,(H,17,20). The first kappa shape index (κ1) is 14.9. The number of aromatic nitrogens is 2. The highest BCUT2D eigenvalue weighted by molar-refractivity contribution is 6.05. The molecular weight excluding hydrogens is 268 g/mol. The van der Waals surface area contributed by atoms with Crippen molar-refractivity contribution in [2.75, 3.05) is 17.7 Å². The summed E-state index contributed by atoms with van der Waals surface area (Å²) < 4.78 is 7.04. The van der Waals surface area contributed by atoms with Gasteiger partial charge in [0.2, 0.25) is 0 Å². The van der Waals surface area contributed by atoms with Crippen LogP contribution in [-0.4, -0.2) is 22.3 Å². The average molecular weight is 288 g/mol. The third-order valence-corrected chi connectivity index (χ3v) is 3.06. The van der Waals surface area contributed by atoms with E-state index in [0.717, 1.165) is 17.8 Å². The molecule has 0 bridgehead atoms. The first-order valence-electron chi connectivity index (χ1n) is 6.91. The fraction of sp³-hybridized carbons (Fsp3) is 0.333. The molecule has 0 aliphatic carbocycles. The molecule has 1 aromatic heterocycles. The first-order chi connectivity index (χ1) is 10.0. The molecule has 6 nitrogen and oxygen atoms in total. The summed E-state index contributed by atoms with van der Waals surface area (Å²) in [6, 6.07) is 5.01. The molecule has 2 rings (SSSR count). The Kier molecular flexibility index (Phi) is 4.47. The molecule has 1 heterocycles. The van der Waals surface area contributed by atoms with Crippen LogP contribution in [-0.2, 0) is 13.5 Å². The van der Waals surface area contributed by atoms with Crippen LogP contribution in [0.5, 0.6) is 5.75 Å². The van der Waals surface area contributed by atoms with Crippen molar-refractivity contribution < 1.29 is 9.53 Å². The number of nitrogen functional groups attached to an aromatic ring is 1. The second-order valence-electron chi connectivity index (χ2n) is 4.66. The Balaban J connectivity index is 2.18. The quantitative estimate of drug-likeness (QED) is 0.826. The lowest BCUT2D eigenvalue weighted by Gasteiger charge is -2.09. The van der Waals surface area contributed by atoms with Gasteiger partial charge >= 0.3 is 0 Å². The van der Waals surface area contributed by atoms with Crippen molar-refractivity contribution in [3.63, 3.8) is 0 Å². The van der Waals surface area contributed by atoms with Gasteiger partial charge in [0.05, 0.1) is 23.7 Å². The summed E-state index contributed by atoms with van der Waals surface area (Å²) in [5, 5.41) is 7.15. The molecule has 112 valence electrons. The Labute approximate surface area is 123 Å². The number of anilines is 2. The van der Waals surface area contributed by atoms with Crippen molar-refractivity contribution in [1.82, 2.24) is 9.78 Å². The first-order valence-corrected chi connectivity index (χ1v) is 6.91. The van der Waals surface area contributed by atoms with Crippen LogP contribution in [0.4, 0.5) is 11.4 Å². The zero-order valence-electron chi connectivity index (χ0n) is 12.5. The van der Waals surface area contributed by atoms with E-state index in [9.17, 15) is 4.79 Å². The van der Waals surface area contributed by atoms with Crippen LogP contribution in [0.3, 0.4) is 0 Å². The van der Waals surface area contributed by atoms with Gasteiger partial charge in [-0.3, -0.25) is 9.48 Å². The number of rotatable bonds is 5. The van der Waals surface area contributed by atoms with Crippen LogP contribution >= 0.6 is 0 Å². The molecule has 0 atom stereocenters. The molecule has 21 heavy (non-hydrogen) atoms. The van der Waals surface area contributed by atoms with Gasteiger partial charge in [-0.25, -0.2) is 0 Å². The molecule has 0 radical (unpaired) electrons. The third kappa shape index (κ3) is 3.34. The number of nitrogens with one attached hydrogen (secondary N) is 1. The van der Waals surface area contributed by atoms with Crippen LogP contribution in [0.25, 0.3) is 0 Å². The largest absolute Gasteiger partial charge is 0.492 e. The van der Waals surface area contributed by atoms with Gasteiger partial charge in [-0.15, -0.1) is 0 Å². The van der Waals surface area contributed by atoms with E-state index in [4.69, 9.17) is 10.5 Å². The number of benzene rings is 1. The highest BCUT2D eigenvalue weighted by Crippen LogP contribution is 2.23. The molecule has 0 saturated carbocycles. The maximum absolute atomic E-state index is 12.3. The molecular formula is C15H20N4O2. The van der Waals surface area contributed by atoms with Crippen molar-refractivity contribution in [2.24, 2.45) is 7.05 Å². The summed E-state index contributed by atoms with van der Waals surface area (Å²) in [5.74, 6) is 0.372. The number of nitrogens with zero attached hydrogens (tertiary/aromatic N) is 2. The van der Waals surface area contributed by atoms with Crippen LogP contribution < -0.4 is 15.8 Å². The molecule has 0 fully saturated rings. The number of aryl methyl sites for hydroxylation is 2. The zero-order valence-corrected chi connectivity index (χ0v) is 12.5. The summed E-state index contributed by atoms with van der Waals surface area (Å²) in [6.07, 6.45) is 2.54. The van der Waals surface area contributed by atoms with Gasteiger partial charge in [0.1, 0.15) is 5.75 Å². The Morgan fingerprint density at radius 3 is 2.81 bits per heavy atom. The molecule has 0 unspecified atom stereocenters. The van der Waals surface area contributed by atoms with Crippen molar-refractivity contribution in [3.05, 3.63) is 35.7 Å². The Morgan fingerprint density at radius 2 is 2.19 bits per heavy atom. The topological polar surface area (TPSA) is 82.2 Å². The molecule has 0 saturated heterocycles. The highest BCUT2D eigenvalue weighted by atomic mass is 16.5. The van der Waals surface area contributed by atoms with E-state index in [-0.39, 0.29) is 5.91 Å². The predicted molar refractivity (Wildman–Crippen MR) is 82.6 cm³/mol. The van der Waals surface area contributed by atoms with E-state index < -0.39 is 0 Å². The third-order valence-electron chi connectivity index (χ3n) is 3.06. The van der Waals surface area contributed by atoms with E-state index in [0.29, 0.717) is 23.6 Å². The minimum atomic E-state index is -0.215. The molecule has 0 spiro atoms. The average Bonchev–Trinajstić information content (AvgIpc) is 2.81. The van der Waals surface area contributed by atoms with Crippen LogP contribution in [0, 0.1) is 0 Å². The number of nitrogens with two attached hydrogens (primary N) is 1. The summed E-state index contributed by atoms with van der Waals surface area (Å²) in [6.45, 7) is 4.41. The van der Waals surface area contributed by atoms with Crippen LogP contribution in [0.15, 0.2) is 24.4 Å². The van der Waals surface area contributed by atoms with Gasteiger partial charge in [-0.1, -0.05) is 6.92 Å². The molecule has 1 aromatic carbocycles. The smallest absolute Gasteiger partial charge is 0.255 e. The van der Waals surface area contributed by atoms with Crippen molar-refractivity contribution in [1.29, 1.82) is 0 Å². The van der Waals surface area contributed by atoms with Gasteiger partial charge in [0.25, 0.3) is 5.91 Å². The molecule has 2 aromatic rings. The normalized spacial score (nSPS) is 10.4. The molecule has 0 aliphatic heterocycles. The maximum atomic E-state index is 12.3. The fourth-order valence-electron chi connectivity index (χ4n) is 2.07. The number of amides is 1. The van der Waals surface area contributed by atoms with Gasteiger partial charge < -0.3 is 15.8 Å². The molecule has 3 N–H and O–H groups in total. The van der Waals surface area contributed by atoms with Gasteiger partial charge in [0.15, 0.2) is 0 Å². The summed E-state index contributed by atoms with van der Waals surface area (Å²) >= 11 is 0. The SMILES string of the molecule is CCOc1ccc(C(=O)Nc2cn(C)nc2CC)cc1N. The summed E-state index contributed by atoms with van der Waals surface area (Å²) in [7, 11) is 1.82. The lowest BCUT2D eigenvalue weighted by Crippen LogP contribution is -2.13. The van der Waals surface area contributed by atoms with Crippen molar-refractivity contribution in [2.45, 2.75) is 20.3 Å². The van der Waals surface area contributed by atoms with Crippen LogP contribution in [0.1, 0.15) is 29.9 Å². The fourth-order valence-corrected chi connectivity index (χ4v) is 2.07. The molecule has 6 heteroatoms. The number of ether oxygens (including phenoxy) is 1. The van der Waals surface area contributed by atoms with E-state index in [1.165, 1.54) is 0 Å². The predicted octanol–water partition coefficient (Wildman–Crippen LogP) is 2.22. The minimum absolute atomic E-state index is 0.215. The Morgan fingerprint density at radius 1 is 1.43 bits per heavy atom. The maximum Gasteiger partial charge on any atom is 0.255 e. The lowest BCUT2D eigenvalue weighted by atomic mass is 10.1. The summed E-state index contributed by atoms with van der Waals surface area (Å²) in [5.41, 5.74) is 8.39. The van der Waals surface area contributed by atoms with Gasteiger partial charge in [0, 0.05) is 18.8 Å². The number of hydrogen-bond acceptors (Lipinski definition) is 4. The number of carbonyl (C=O) groups excluding carboxylic acids is 1. The number of hydrogen-bond donors (Lipinski definition) is 2. The minimum Gasteiger partial charge on any atom is -0.492 e. The monoisotopic (exact) mass is 288 g/mol. The van der Waals surface area contributed by atoms with E-state index in [2.05, 4.69) is 10.4 Å². The summed E-state index contributed by atoms with van der Waals surface area (Å²) in [4.78, 5) is 12.3. The van der Waals surface area contributed by atoms with Crippen molar-refractivity contribution >= 4 is 17.3 Å². The lowest BCUT2D eigenvalue weighted by molar-refractivity contribution is 0.102. The molecule has 0 aliphatic rings. The van der Waals surface area contributed by atoms with Crippen molar-refractivity contribution in [3.8, 4) is 5.75 Å². The second-order valence-corrected chi connectivity index (χ2v) is 4.66. The second kappa shape index (κ2) is 6.30. The highest BCUT2D eigenvalue weighted by Gasteiger charge is 2.13. The Hall–Kier alpha value is -2.50. The van der Waals surface area contributed by atoms with Crippen LogP contribution in [0.2, 0.25) is 0 Å². The van der Waals surface area contributed by atoms with E-state index >= 15 is 0 Å². The van der Waals surface area contributed by atoms with Gasteiger partial charge in [-0.05, 0) is 31.5 Å². The van der Waals surface area contributed by atoms with E-state index in [1.807, 2.05) is 20.9 Å².